The number of anilines is 1. The third kappa shape index (κ3) is 6.18. The maximum Gasteiger partial charge on any atom is 0.341 e. The number of benzene rings is 2. The van der Waals surface area contributed by atoms with Gasteiger partial charge in [-0.3, -0.25) is 14.9 Å². The molecule has 0 radical (unpaired) electrons. The second kappa shape index (κ2) is 10.8. The van der Waals surface area contributed by atoms with Crippen molar-refractivity contribution < 1.29 is 19.2 Å². The van der Waals surface area contributed by atoms with Crippen LogP contribution >= 0.6 is 11.6 Å². The zero-order valence-electron chi connectivity index (χ0n) is 16.1. The summed E-state index contributed by atoms with van der Waals surface area (Å²) in [5.41, 5.74) is 0.702. The summed E-state index contributed by atoms with van der Waals surface area (Å²) in [4.78, 5) is 36.2. The summed E-state index contributed by atoms with van der Waals surface area (Å²) in [6.45, 7) is -0.0741. The van der Waals surface area contributed by atoms with Crippen molar-refractivity contribution >= 4 is 34.9 Å². The van der Waals surface area contributed by atoms with Crippen LogP contribution in [0, 0.1) is 21.4 Å². The third-order valence-electron chi connectivity index (χ3n) is 4.17. The second-order valence-corrected chi connectivity index (χ2v) is 6.64. The lowest BCUT2D eigenvalue weighted by molar-refractivity contribution is -0.384. The SMILES string of the molecule is CN(CCC#N)C(=O)COC(=O)c1cc([N+](=O)[O-])ccc1NCc1ccccc1Cl. The molecule has 0 heterocycles. The van der Waals surface area contributed by atoms with E-state index in [0.29, 0.717) is 10.7 Å². The molecule has 0 fully saturated rings. The fourth-order valence-electron chi connectivity index (χ4n) is 2.46. The summed E-state index contributed by atoms with van der Waals surface area (Å²) in [5.74, 6) is -1.38. The standard InChI is InChI=1S/C20H19ClN4O5/c1-24(10-4-9-22)19(26)13-30-20(27)16-11-15(25(28)29)7-8-18(16)23-12-14-5-2-3-6-17(14)21/h2-3,5-8,11,23H,4,10,12-13H2,1H3. The molecule has 10 heteroatoms. The van der Waals surface area contributed by atoms with E-state index in [0.717, 1.165) is 11.6 Å². The van der Waals surface area contributed by atoms with Crippen LogP contribution < -0.4 is 5.32 Å². The lowest BCUT2D eigenvalue weighted by Gasteiger charge is -2.16. The van der Waals surface area contributed by atoms with Gasteiger partial charge in [0.25, 0.3) is 11.6 Å². The van der Waals surface area contributed by atoms with E-state index in [1.807, 2.05) is 12.1 Å². The number of halogens is 1. The molecule has 1 amide bonds. The van der Waals surface area contributed by atoms with Crippen LogP contribution in [-0.4, -0.2) is 41.9 Å². The van der Waals surface area contributed by atoms with Crippen LogP contribution in [-0.2, 0) is 16.1 Å². The molecule has 0 saturated heterocycles. The smallest absolute Gasteiger partial charge is 0.341 e. The molecule has 2 rings (SSSR count). The molecule has 30 heavy (non-hydrogen) atoms. The number of amides is 1. The summed E-state index contributed by atoms with van der Waals surface area (Å²) in [5, 5.41) is 23.2. The first-order valence-corrected chi connectivity index (χ1v) is 9.25. The first-order chi connectivity index (χ1) is 14.3. The zero-order chi connectivity index (χ0) is 22.1. The number of likely N-dealkylation sites (N-methyl/N-ethyl adjacent to an activating group) is 1. The highest BCUT2D eigenvalue weighted by molar-refractivity contribution is 6.31. The lowest BCUT2D eigenvalue weighted by atomic mass is 10.1. The number of rotatable bonds is 9. The molecule has 0 unspecified atom stereocenters. The number of hydrogen-bond acceptors (Lipinski definition) is 7. The van der Waals surface area contributed by atoms with Crippen LogP contribution in [0.5, 0.6) is 0 Å². The molecule has 0 atom stereocenters. The molecule has 1 N–H and O–H groups in total. The Morgan fingerprint density at radius 3 is 2.70 bits per heavy atom. The highest BCUT2D eigenvalue weighted by atomic mass is 35.5. The molecule has 9 nitrogen and oxygen atoms in total. The van der Waals surface area contributed by atoms with E-state index in [1.165, 1.54) is 24.1 Å². The molecular weight excluding hydrogens is 412 g/mol. The topological polar surface area (TPSA) is 126 Å². The minimum Gasteiger partial charge on any atom is -0.452 e. The fraction of sp³-hybridized carbons (Fsp3) is 0.250. The number of carbonyl (C=O) groups is 2. The number of ether oxygens (including phenoxy) is 1. The Hall–Kier alpha value is -3.64. The number of nitrogens with one attached hydrogen (secondary N) is 1. The molecule has 0 aliphatic rings. The monoisotopic (exact) mass is 430 g/mol. The molecule has 0 aliphatic carbocycles. The number of carbonyl (C=O) groups excluding carboxylic acids is 2. The van der Waals surface area contributed by atoms with Crippen LogP contribution in [0.25, 0.3) is 0 Å². The highest BCUT2D eigenvalue weighted by Gasteiger charge is 2.20. The maximum absolute atomic E-state index is 12.5. The molecule has 156 valence electrons. The van der Waals surface area contributed by atoms with Gasteiger partial charge in [0.2, 0.25) is 0 Å². The maximum atomic E-state index is 12.5. The minimum atomic E-state index is -0.887. The largest absolute Gasteiger partial charge is 0.452 e. The van der Waals surface area contributed by atoms with Gasteiger partial charge >= 0.3 is 5.97 Å². The third-order valence-corrected chi connectivity index (χ3v) is 4.54. The number of nitro groups is 1. The number of non-ortho nitro benzene ring substituents is 1. The van der Waals surface area contributed by atoms with Crippen molar-refractivity contribution in [1.29, 1.82) is 5.26 Å². The molecular formula is C20H19ClN4O5. The van der Waals surface area contributed by atoms with Crippen molar-refractivity contribution in [3.63, 3.8) is 0 Å². The number of nitro benzene ring substituents is 1. The Morgan fingerprint density at radius 2 is 2.03 bits per heavy atom. The Labute approximate surface area is 178 Å². The molecule has 0 saturated carbocycles. The first kappa shape index (κ1) is 22.6. The van der Waals surface area contributed by atoms with Crippen LogP contribution in [0.3, 0.4) is 0 Å². The van der Waals surface area contributed by atoms with Crippen molar-refractivity contribution in [2.45, 2.75) is 13.0 Å². The van der Waals surface area contributed by atoms with Gasteiger partial charge in [-0.15, -0.1) is 0 Å². The Bertz CT molecular complexity index is 989. The number of esters is 1. The average molecular weight is 431 g/mol. The Balaban J connectivity index is 2.15. The molecule has 0 spiro atoms. The van der Waals surface area contributed by atoms with Gasteiger partial charge in [-0.2, -0.15) is 5.26 Å². The van der Waals surface area contributed by atoms with Gasteiger partial charge in [0.1, 0.15) is 0 Å². The summed E-state index contributed by atoms with van der Waals surface area (Å²) in [7, 11) is 1.48. The lowest BCUT2D eigenvalue weighted by Crippen LogP contribution is -2.32. The van der Waals surface area contributed by atoms with E-state index >= 15 is 0 Å². The fourth-order valence-corrected chi connectivity index (χ4v) is 2.66. The zero-order valence-corrected chi connectivity index (χ0v) is 16.9. The molecule has 2 aromatic carbocycles. The summed E-state index contributed by atoms with van der Waals surface area (Å²) in [6, 6.07) is 12.8. The van der Waals surface area contributed by atoms with Crippen LogP contribution in [0.15, 0.2) is 42.5 Å². The van der Waals surface area contributed by atoms with Crippen molar-refractivity contribution in [2.24, 2.45) is 0 Å². The average Bonchev–Trinajstić information content (AvgIpc) is 2.74. The van der Waals surface area contributed by atoms with Gasteiger partial charge in [-0.05, 0) is 17.7 Å². The Morgan fingerprint density at radius 1 is 1.30 bits per heavy atom. The molecule has 0 aliphatic heterocycles. The van der Waals surface area contributed by atoms with Gasteiger partial charge in [-0.1, -0.05) is 29.8 Å². The Kier molecular flexibility index (Phi) is 8.14. The van der Waals surface area contributed by atoms with E-state index in [1.54, 1.807) is 18.2 Å². The predicted molar refractivity (Wildman–Crippen MR) is 110 cm³/mol. The molecule has 0 aromatic heterocycles. The second-order valence-electron chi connectivity index (χ2n) is 6.23. The number of nitrogens with zero attached hydrogens (tertiary/aromatic N) is 3. The predicted octanol–water partition coefficient (Wildman–Crippen LogP) is 3.39. The van der Waals surface area contributed by atoms with E-state index in [4.69, 9.17) is 21.6 Å². The van der Waals surface area contributed by atoms with E-state index in [2.05, 4.69) is 5.32 Å². The summed E-state index contributed by atoms with van der Waals surface area (Å²) < 4.78 is 5.04. The van der Waals surface area contributed by atoms with Gasteiger partial charge < -0.3 is 15.0 Å². The van der Waals surface area contributed by atoms with E-state index in [-0.39, 0.29) is 30.8 Å². The normalized spacial score (nSPS) is 10.0. The molecule has 0 bridgehead atoms. The van der Waals surface area contributed by atoms with Crippen LogP contribution in [0.2, 0.25) is 5.02 Å². The van der Waals surface area contributed by atoms with E-state index in [9.17, 15) is 19.7 Å². The van der Waals surface area contributed by atoms with Gasteiger partial charge in [0.15, 0.2) is 6.61 Å². The summed E-state index contributed by atoms with van der Waals surface area (Å²) >= 11 is 6.13. The van der Waals surface area contributed by atoms with Gasteiger partial charge in [0.05, 0.1) is 23.0 Å². The van der Waals surface area contributed by atoms with Crippen molar-refractivity contribution in [3.8, 4) is 6.07 Å². The van der Waals surface area contributed by atoms with E-state index < -0.39 is 23.4 Å². The minimum absolute atomic E-state index is 0.0799. The number of hydrogen-bond donors (Lipinski definition) is 1. The summed E-state index contributed by atoms with van der Waals surface area (Å²) in [6.07, 6.45) is 0.150. The van der Waals surface area contributed by atoms with Crippen molar-refractivity contribution in [2.75, 3.05) is 25.5 Å². The number of nitriles is 1. The van der Waals surface area contributed by atoms with Crippen LogP contribution in [0.1, 0.15) is 22.3 Å². The van der Waals surface area contributed by atoms with Gasteiger partial charge in [-0.25, -0.2) is 4.79 Å². The first-order valence-electron chi connectivity index (χ1n) is 8.87. The van der Waals surface area contributed by atoms with Gasteiger partial charge in [0, 0.05) is 43.0 Å². The van der Waals surface area contributed by atoms with Crippen LogP contribution in [0.4, 0.5) is 11.4 Å². The van der Waals surface area contributed by atoms with Crippen molar-refractivity contribution in [1.82, 2.24) is 4.90 Å². The quantitative estimate of drug-likeness (QED) is 0.367. The molecule has 2 aromatic rings. The van der Waals surface area contributed by atoms with Crippen molar-refractivity contribution in [3.05, 3.63) is 68.7 Å². The highest BCUT2D eigenvalue weighted by Crippen LogP contribution is 2.25.